The average Bonchev–Trinajstić information content (AvgIpc) is 2.25. The third-order valence-corrected chi connectivity index (χ3v) is 1.69. The Morgan fingerprint density at radius 2 is 1.50 bits per heavy atom. The minimum absolute atomic E-state index is 0. The molecule has 0 unspecified atom stereocenters. The minimum atomic E-state index is 0. The van der Waals surface area contributed by atoms with Crippen LogP contribution >= 0.6 is 0 Å². The van der Waals surface area contributed by atoms with Crippen molar-refractivity contribution in [2.75, 3.05) is 14.1 Å². The predicted octanol–water partition coefficient (Wildman–Crippen LogP) is -0.410. The van der Waals surface area contributed by atoms with Crippen LogP contribution < -0.4 is 10.6 Å². The Morgan fingerprint density at radius 1 is 1.00 bits per heavy atom. The first kappa shape index (κ1) is 17.6. The zero-order chi connectivity index (χ0) is 11.7. The van der Waals surface area contributed by atoms with E-state index in [2.05, 4.69) is 31.0 Å². The molecule has 9 heteroatoms. The standard InChI is InChI=1S/C7H14N6S2.Cu/c1-5(11-13-7(15)9-3)4-10-12-6(14)8-2;/h4H,1-3H3,(H2,8,12,14)(H2,9,13,15);/q;+2/p-2/b10-4+,11-5+;. The van der Waals surface area contributed by atoms with Crippen LogP contribution in [0.4, 0.5) is 0 Å². The van der Waals surface area contributed by atoms with Gasteiger partial charge < -0.3 is 35.9 Å². The Morgan fingerprint density at radius 3 is 2.00 bits per heavy atom. The molecule has 2 N–H and O–H groups in total. The molecule has 1 radical (unpaired) electrons. The SMILES string of the molecule is CN/C([S-])=N/N=C/C(C)=N/N=C(\[S-])NC.[Cu+2]. The van der Waals surface area contributed by atoms with E-state index in [0.717, 1.165) is 0 Å². The number of hydrogen-bond donors (Lipinski definition) is 2. The summed E-state index contributed by atoms with van der Waals surface area (Å²) in [5.74, 6) is 0. The fourth-order valence-electron chi connectivity index (χ4n) is 0.415. The smallest absolute Gasteiger partial charge is 0.741 e. The van der Waals surface area contributed by atoms with Crippen LogP contribution in [-0.2, 0) is 42.3 Å². The number of nitrogens with one attached hydrogen (secondary N) is 2. The van der Waals surface area contributed by atoms with Crippen LogP contribution in [0.2, 0.25) is 0 Å². The summed E-state index contributed by atoms with van der Waals surface area (Å²) < 4.78 is 0. The van der Waals surface area contributed by atoms with Crippen LogP contribution in [0.1, 0.15) is 6.92 Å². The van der Waals surface area contributed by atoms with Crippen LogP contribution in [-0.4, -0.2) is 36.4 Å². The van der Waals surface area contributed by atoms with Gasteiger partial charge in [-0.05, 0) is 17.3 Å². The van der Waals surface area contributed by atoms with Gasteiger partial charge in [-0.1, -0.05) is 0 Å². The normalized spacial score (nSPS) is 13.6. The molecule has 0 saturated carbocycles. The van der Waals surface area contributed by atoms with E-state index in [1.165, 1.54) is 6.21 Å². The van der Waals surface area contributed by atoms with Crippen molar-refractivity contribution in [2.24, 2.45) is 20.4 Å². The second-order valence-corrected chi connectivity index (χ2v) is 3.07. The molecular weight excluding hydrogens is 296 g/mol. The number of rotatable bonds is 3. The fraction of sp³-hybridized carbons (Fsp3) is 0.429. The molecule has 6 nitrogen and oxygen atoms in total. The van der Waals surface area contributed by atoms with E-state index in [0.29, 0.717) is 16.0 Å². The third kappa shape index (κ3) is 9.78. The van der Waals surface area contributed by atoms with Gasteiger partial charge in [-0.3, -0.25) is 0 Å². The Kier molecular flexibility index (Phi) is 11.8. The maximum atomic E-state index is 4.76. The molecule has 0 amide bonds. The average molecular weight is 308 g/mol. The number of hydrogen-bond acceptors (Lipinski definition) is 6. The second kappa shape index (κ2) is 10.7. The summed E-state index contributed by atoms with van der Waals surface area (Å²) in [4.78, 5) is 0. The maximum absolute atomic E-state index is 4.76. The van der Waals surface area contributed by atoms with Crippen LogP contribution in [0.25, 0.3) is 0 Å². The summed E-state index contributed by atoms with van der Waals surface area (Å²) in [7, 11) is 3.34. The van der Waals surface area contributed by atoms with Crippen LogP contribution in [0.5, 0.6) is 0 Å². The van der Waals surface area contributed by atoms with Gasteiger partial charge >= 0.3 is 17.1 Å². The molecule has 0 bridgehead atoms. The number of nitrogens with zero attached hydrogens (tertiary/aromatic N) is 4. The maximum Gasteiger partial charge on any atom is 2.00 e. The first-order chi connectivity index (χ1) is 7.10. The quantitative estimate of drug-likeness (QED) is 0.244. The molecule has 0 atom stereocenters. The largest absolute Gasteiger partial charge is 2.00 e. The van der Waals surface area contributed by atoms with E-state index < -0.39 is 0 Å². The molecule has 0 heterocycles. The van der Waals surface area contributed by atoms with Crippen LogP contribution in [0, 0.1) is 0 Å². The molecule has 0 aromatic rings. The van der Waals surface area contributed by atoms with E-state index in [1.807, 2.05) is 0 Å². The fourth-order valence-corrected chi connectivity index (χ4v) is 0.503. The summed E-state index contributed by atoms with van der Waals surface area (Å²) in [6.07, 6.45) is 1.44. The van der Waals surface area contributed by atoms with Crippen molar-refractivity contribution in [3.8, 4) is 0 Å². The molecule has 0 spiro atoms. The van der Waals surface area contributed by atoms with Crippen LogP contribution in [0.3, 0.4) is 0 Å². The van der Waals surface area contributed by atoms with Crippen molar-refractivity contribution < 1.29 is 17.1 Å². The Labute approximate surface area is 116 Å². The molecular formula is C7H12CuN6S2. The predicted molar refractivity (Wildman–Crippen MR) is 69.3 cm³/mol. The second-order valence-electron chi connectivity index (χ2n) is 2.30. The Hall–Kier alpha value is -0.761. The van der Waals surface area contributed by atoms with Gasteiger partial charge in [0.1, 0.15) is 0 Å². The first-order valence-electron chi connectivity index (χ1n) is 4.03. The van der Waals surface area contributed by atoms with Crippen molar-refractivity contribution in [1.82, 2.24) is 10.6 Å². The van der Waals surface area contributed by atoms with Gasteiger partial charge in [0.05, 0.1) is 11.9 Å². The summed E-state index contributed by atoms with van der Waals surface area (Å²) in [6.45, 7) is 1.73. The van der Waals surface area contributed by atoms with Gasteiger partial charge in [-0.15, -0.1) is 0 Å². The molecule has 0 rings (SSSR count). The Bertz CT molecular complexity index is 312. The topological polar surface area (TPSA) is 73.5 Å². The zero-order valence-corrected chi connectivity index (χ0v) is 11.6. The van der Waals surface area contributed by atoms with Crippen molar-refractivity contribution in [3.05, 3.63) is 0 Å². The van der Waals surface area contributed by atoms with E-state index in [4.69, 9.17) is 25.3 Å². The van der Waals surface area contributed by atoms with Gasteiger partial charge in [-0.2, -0.15) is 20.4 Å². The summed E-state index contributed by atoms with van der Waals surface area (Å²) in [5.41, 5.74) is 0.579. The molecule has 0 aliphatic carbocycles. The van der Waals surface area contributed by atoms with E-state index >= 15 is 0 Å². The molecule has 0 aliphatic heterocycles. The molecule has 0 fully saturated rings. The van der Waals surface area contributed by atoms with Crippen molar-refractivity contribution in [3.63, 3.8) is 0 Å². The van der Waals surface area contributed by atoms with Crippen LogP contribution in [0.15, 0.2) is 20.4 Å². The Balaban J connectivity index is 0. The number of amidine groups is 2. The summed E-state index contributed by atoms with van der Waals surface area (Å²) >= 11 is 9.51. The van der Waals surface area contributed by atoms with E-state index in [9.17, 15) is 0 Å². The van der Waals surface area contributed by atoms with Gasteiger partial charge in [0.2, 0.25) is 0 Å². The van der Waals surface area contributed by atoms with Crippen molar-refractivity contribution in [1.29, 1.82) is 0 Å². The van der Waals surface area contributed by atoms with Gasteiger partial charge in [0, 0.05) is 14.1 Å². The summed E-state index contributed by atoms with van der Waals surface area (Å²) in [5, 5.41) is 20.7. The third-order valence-electron chi connectivity index (χ3n) is 1.12. The molecule has 16 heavy (non-hydrogen) atoms. The molecule has 93 valence electrons. The molecule has 0 aliphatic rings. The van der Waals surface area contributed by atoms with E-state index in [-0.39, 0.29) is 17.1 Å². The van der Waals surface area contributed by atoms with Crippen molar-refractivity contribution in [2.45, 2.75) is 6.92 Å². The first-order valence-corrected chi connectivity index (χ1v) is 4.84. The van der Waals surface area contributed by atoms with Crippen molar-refractivity contribution >= 4 is 47.5 Å². The molecule has 0 saturated heterocycles. The van der Waals surface area contributed by atoms with Gasteiger partial charge in [0.15, 0.2) is 0 Å². The van der Waals surface area contributed by atoms with Gasteiger partial charge in [0.25, 0.3) is 0 Å². The summed E-state index contributed by atoms with van der Waals surface area (Å²) in [6, 6.07) is 0. The van der Waals surface area contributed by atoms with E-state index in [1.54, 1.807) is 21.0 Å². The van der Waals surface area contributed by atoms with Gasteiger partial charge in [-0.25, -0.2) is 0 Å². The monoisotopic (exact) mass is 307 g/mol. The zero-order valence-electron chi connectivity index (χ0n) is 8.98. The molecule has 0 aromatic heterocycles. The minimum Gasteiger partial charge on any atom is -0.741 e. The molecule has 0 aromatic carbocycles.